The van der Waals surface area contributed by atoms with Gasteiger partial charge in [0.15, 0.2) is 19.6 Å². The molecule has 0 rings (SSSR count). The van der Waals surface area contributed by atoms with Crippen molar-refractivity contribution in [3.05, 3.63) is 12.2 Å². The van der Waals surface area contributed by atoms with Crippen LogP contribution in [0.5, 0.6) is 0 Å². The van der Waals surface area contributed by atoms with Gasteiger partial charge in [0.05, 0.1) is 6.54 Å². The smallest absolute Gasteiger partial charge is 0.359 e. The topological polar surface area (TPSA) is 112 Å². The summed E-state index contributed by atoms with van der Waals surface area (Å²) >= 11 is 0. The van der Waals surface area contributed by atoms with Gasteiger partial charge < -0.3 is 15.3 Å². The van der Waals surface area contributed by atoms with E-state index >= 15 is 0 Å². The maximum atomic E-state index is 11.2. The average molecular weight is 513 g/mol. The zero-order valence-corrected chi connectivity index (χ0v) is 22.9. The van der Waals surface area contributed by atoms with Gasteiger partial charge in [-0.25, -0.2) is 14.4 Å². The normalized spacial score (nSPS) is 11.8. The number of allylic oxidation sites excluding steroid dienone is 2. The van der Waals surface area contributed by atoms with Crippen LogP contribution in [0.2, 0.25) is 0 Å². The van der Waals surface area contributed by atoms with E-state index in [1.165, 1.54) is 89.9 Å². The van der Waals surface area contributed by atoms with Gasteiger partial charge in [-0.3, -0.25) is 4.48 Å². The zero-order valence-electron chi connectivity index (χ0n) is 22.9. The highest BCUT2D eigenvalue weighted by atomic mass is 16.4. The number of hydrogen-bond acceptors (Lipinski definition) is 3. The van der Waals surface area contributed by atoms with E-state index in [0.29, 0.717) is 6.42 Å². The summed E-state index contributed by atoms with van der Waals surface area (Å²) in [5.41, 5.74) is 0. The van der Waals surface area contributed by atoms with Crippen LogP contribution in [-0.2, 0) is 14.4 Å². The maximum Gasteiger partial charge on any atom is 0.359 e. The minimum Gasteiger partial charge on any atom is -0.477 e. The fourth-order valence-corrected chi connectivity index (χ4v) is 4.84. The molecule has 0 aromatic heterocycles. The van der Waals surface area contributed by atoms with Gasteiger partial charge in [0.2, 0.25) is 0 Å². The van der Waals surface area contributed by atoms with Gasteiger partial charge in [-0.15, -0.1) is 0 Å². The van der Waals surface area contributed by atoms with Crippen molar-refractivity contribution in [2.75, 3.05) is 26.2 Å². The van der Waals surface area contributed by atoms with Crippen molar-refractivity contribution < 1.29 is 34.2 Å². The summed E-state index contributed by atoms with van der Waals surface area (Å²) in [4.78, 5) is 33.6. The van der Waals surface area contributed by atoms with Crippen LogP contribution < -0.4 is 0 Å². The summed E-state index contributed by atoms with van der Waals surface area (Å²) in [5.74, 6) is -3.51. The third-order valence-electron chi connectivity index (χ3n) is 6.81. The van der Waals surface area contributed by atoms with Crippen LogP contribution in [0, 0.1) is 0 Å². The van der Waals surface area contributed by atoms with E-state index in [4.69, 9.17) is 15.3 Å². The van der Waals surface area contributed by atoms with Crippen molar-refractivity contribution in [1.29, 1.82) is 0 Å². The first-order valence-corrected chi connectivity index (χ1v) is 14.5. The van der Waals surface area contributed by atoms with Gasteiger partial charge in [0.1, 0.15) is 0 Å². The van der Waals surface area contributed by atoms with Gasteiger partial charge in [0, 0.05) is 0 Å². The molecule has 0 bridgehead atoms. The van der Waals surface area contributed by atoms with Gasteiger partial charge in [-0.1, -0.05) is 103 Å². The van der Waals surface area contributed by atoms with E-state index in [0.717, 1.165) is 25.7 Å². The number of rotatable bonds is 27. The zero-order chi connectivity index (χ0) is 26.9. The molecule has 0 fully saturated rings. The second kappa shape index (κ2) is 23.5. The first kappa shape index (κ1) is 34.1. The van der Waals surface area contributed by atoms with Crippen molar-refractivity contribution in [3.63, 3.8) is 0 Å². The molecule has 36 heavy (non-hydrogen) atoms. The third-order valence-corrected chi connectivity index (χ3v) is 6.81. The van der Waals surface area contributed by atoms with E-state index in [2.05, 4.69) is 19.1 Å². The number of carboxylic acids is 3. The SMILES string of the molecule is CCCCCCCCCCC/C=C/CCCCCCCCCC[N+](CC(=O)O)(CC(=O)O)CC(=O)O. The number of nitrogens with zero attached hydrogens (tertiary/aromatic N) is 1. The average Bonchev–Trinajstić information content (AvgIpc) is 2.78. The Morgan fingerprint density at radius 3 is 1.14 bits per heavy atom. The van der Waals surface area contributed by atoms with Gasteiger partial charge >= 0.3 is 17.9 Å². The molecule has 210 valence electrons. The number of aliphatic carboxylic acids is 3. The van der Waals surface area contributed by atoms with E-state index in [1.807, 2.05) is 0 Å². The number of hydrogen-bond donors (Lipinski definition) is 3. The monoisotopic (exact) mass is 512 g/mol. The summed E-state index contributed by atoms with van der Waals surface area (Å²) in [7, 11) is 0. The number of quaternary nitrogens is 1. The Kier molecular flexibility index (Phi) is 22.3. The lowest BCUT2D eigenvalue weighted by atomic mass is 10.1. The summed E-state index contributed by atoms with van der Waals surface area (Å²) in [5, 5.41) is 27.4. The number of carboxylic acid groups (broad SMARTS) is 3. The van der Waals surface area contributed by atoms with Gasteiger partial charge in [-0.05, 0) is 38.5 Å². The molecule has 0 aliphatic carbocycles. The molecular formula is C29H54NO6+. The van der Waals surface area contributed by atoms with Crippen molar-refractivity contribution in [2.24, 2.45) is 0 Å². The van der Waals surface area contributed by atoms with E-state index in [-0.39, 0.29) is 6.54 Å². The first-order valence-electron chi connectivity index (χ1n) is 14.5. The largest absolute Gasteiger partial charge is 0.477 e. The number of carbonyl (C=O) groups is 3. The molecule has 0 radical (unpaired) electrons. The van der Waals surface area contributed by atoms with E-state index < -0.39 is 42.0 Å². The second-order valence-corrected chi connectivity index (χ2v) is 10.4. The molecule has 7 heteroatoms. The van der Waals surface area contributed by atoms with Crippen LogP contribution >= 0.6 is 0 Å². The highest BCUT2D eigenvalue weighted by Gasteiger charge is 2.35. The molecular weight excluding hydrogens is 458 g/mol. The Balaban J connectivity index is 3.70. The van der Waals surface area contributed by atoms with Crippen LogP contribution in [0.15, 0.2) is 12.2 Å². The Morgan fingerprint density at radius 2 is 0.806 bits per heavy atom. The van der Waals surface area contributed by atoms with Gasteiger partial charge in [-0.2, -0.15) is 0 Å². The Morgan fingerprint density at radius 1 is 0.500 bits per heavy atom. The van der Waals surface area contributed by atoms with Crippen LogP contribution in [0.25, 0.3) is 0 Å². The fourth-order valence-electron chi connectivity index (χ4n) is 4.84. The summed E-state index contributed by atoms with van der Waals surface area (Å²) in [6.45, 7) is 1.08. The predicted molar refractivity (Wildman–Crippen MR) is 145 cm³/mol. The van der Waals surface area contributed by atoms with Crippen LogP contribution in [-0.4, -0.2) is 63.9 Å². The molecule has 0 spiro atoms. The molecule has 0 heterocycles. The highest BCUT2D eigenvalue weighted by molar-refractivity contribution is 5.73. The Bertz CT molecular complexity index is 564. The summed E-state index contributed by atoms with van der Waals surface area (Å²) < 4.78 is -0.438. The molecule has 0 aromatic rings. The molecule has 0 aromatic carbocycles. The molecule has 0 atom stereocenters. The minimum atomic E-state index is -1.17. The molecule has 0 aliphatic heterocycles. The van der Waals surface area contributed by atoms with Crippen molar-refractivity contribution >= 4 is 17.9 Å². The minimum absolute atomic E-state index is 0.260. The van der Waals surface area contributed by atoms with Crippen LogP contribution in [0.4, 0.5) is 0 Å². The molecule has 7 nitrogen and oxygen atoms in total. The van der Waals surface area contributed by atoms with Crippen LogP contribution in [0.1, 0.15) is 129 Å². The fraction of sp³-hybridized carbons (Fsp3) is 0.828. The van der Waals surface area contributed by atoms with Gasteiger partial charge in [0.25, 0.3) is 0 Å². The van der Waals surface area contributed by atoms with Crippen LogP contribution in [0.3, 0.4) is 0 Å². The molecule has 0 saturated carbocycles. The predicted octanol–water partition coefficient (Wildman–Crippen LogP) is 7.05. The lowest BCUT2D eigenvalue weighted by Crippen LogP contribution is -2.57. The van der Waals surface area contributed by atoms with Crippen molar-refractivity contribution in [1.82, 2.24) is 0 Å². The van der Waals surface area contributed by atoms with E-state index in [1.54, 1.807) is 0 Å². The molecule has 0 saturated heterocycles. The molecule has 0 aliphatic rings. The molecule has 0 unspecified atom stereocenters. The van der Waals surface area contributed by atoms with Crippen molar-refractivity contribution in [2.45, 2.75) is 129 Å². The first-order chi connectivity index (χ1) is 17.3. The Labute approximate surface area is 219 Å². The van der Waals surface area contributed by atoms with Crippen molar-refractivity contribution in [3.8, 4) is 0 Å². The number of unbranched alkanes of at least 4 members (excludes halogenated alkanes) is 17. The third kappa shape index (κ3) is 22.6. The van der Waals surface area contributed by atoms with E-state index in [9.17, 15) is 14.4 Å². The highest BCUT2D eigenvalue weighted by Crippen LogP contribution is 2.15. The quantitative estimate of drug-likeness (QED) is 0.0618. The summed E-state index contributed by atoms with van der Waals surface area (Å²) in [6.07, 6.45) is 27.9. The molecule has 0 amide bonds. The Hall–Kier alpha value is -1.89. The summed E-state index contributed by atoms with van der Waals surface area (Å²) in [6, 6.07) is 0. The molecule has 3 N–H and O–H groups in total. The lowest BCUT2D eigenvalue weighted by molar-refractivity contribution is -0.907. The standard InChI is InChI=1S/C29H53NO6/c1-2-3-4-5-6-7-8-9-10-11-12-13-14-15-16-17-18-19-20-21-22-23-30(24-27(31)32,25-28(33)34)26-29(35)36/h12-13H,2-11,14-26H2,1H3,(H2-,31,32,33,34,35,36)/p+1/b13-12+. The maximum absolute atomic E-state index is 11.2. The second-order valence-electron chi connectivity index (χ2n) is 10.4. The lowest BCUT2D eigenvalue weighted by Gasteiger charge is -2.34.